The lowest BCUT2D eigenvalue weighted by Gasteiger charge is -1.97. The molecule has 0 aromatic carbocycles. The summed E-state index contributed by atoms with van der Waals surface area (Å²) >= 11 is 0. The van der Waals surface area contributed by atoms with Crippen LogP contribution in [0.1, 0.15) is 13.8 Å². The first-order chi connectivity index (χ1) is 11.2. The highest BCUT2D eigenvalue weighted by molar-refractivity contribution is 5.64. The third-order valence-electron chi connectivity index (χ3n) is 2.07. The fourth-order valence-electron chi connectivity index (χ4n) is 1.34. The lowest BCUT2D eigenvalue weighted by molar-refractivity contribution is -0.685. The maximum absolute atomic E-state index is 11.0. The van der Waals surface area contributed by atoms with E-state index in [2.05, 4.69) is 14.7 Å². The van der Waals surface area contributed by atoms with E-state index in [0.717, 1.165) is 25.1 Å². The highest BCUT2D eigenvalue weighted by Crippen LogP contribution is 2.12. The summed E-state index contributed by atoms with van der Waals surface area (Å²) in [5.41, 5.74) is 1.68. The summed E-state index contributed by atoms with van der Waals surface area (Å²) in [6.45, 7) is 1.67. The molecule has 0 bridgehead atoms. The minimum Gasteiger partial charge on any atom is -0.477 e. The van der Waals surface area contributed by atoms with E-state index in [1.807, 2.05) is 12.1 Å². The molecule has 2 aromatic rings. The number of aromatic nitrogens is 3. The second kappa shape index (κ2) is 11.1. The minimum absolute atomic E-state index is 0.0409. The van der Waals surface area contributed by atoms with Gasteiger partial charge in [-0.3, -0.25) is 9.97 Å². The van der Waals surface area contributed by atoms with E-state index < -0.39 is 11.9 Å². The van der Waals surface area contributed by atoms with E-state index >= 15 is 0 Å². The second-order valence-electron chi connectivity index (χ2n) is 4.98. The number of carboxylic acid groups (broad SMARTS) is 1. The largest absolute Gasteiger partial charge is 0.477 e. The van der Waals surface area contributed by atoms with Crippen LogP contribution in [-0.4, -0.2) is 41.2 Å². The molecule has 2 rings (SSSR count). The Labute approximate surface area is 139 Å². The number of methoxy groups -OCH3 is 1. The van der Waals surface area contributed by atoms with Crippen LogP contribution in [0.4, 0.5) is 8.78 Å². The van der Waals surface area contributed by atoms with Gasteiger partial charge >= 0.3 is 5.97 Å². The molecule has 0 radical (unpaired) electrons. The normalized spacial score (nSPS) is 9.92. The van der Waals surface area contributed by atoms with Crippen LogP contribution < -0.4 is 4.57 Å². The van der Waals surface area contributed by atoms with Crippen molar-refractivity contribution >= 4 is 5.97 Å². The molecular formula is C16H22F2N3O3+. The molecule has 2 aromatic heterocycles. The third kappa shape index (κ3) is 12.1. The van der Waals surface area contributed by atoms with Crippen molar-refractivity contribution in [1.29, 1.82) is 0 Å². The molecule has 6 nitrogen and oxygen atoms in total. The van der Waals surface area contributed by atoms with Gasteiger partial charge < -0.3 is 9.84 Å². The Morgan fingerprint density at radius 1 is 1.25 bits per heavy atom. The molecule has 24 heavy (non-hydrogen) atoms. The molecule has 0 saturated heterocycles. The Hall–Kier alpha value is -2.48. The first kappa shape index (κ1) is 21.5. The smallest absolute Gasteiger partial charge is 0.370 e. The van der Waals surface area contributed by atoms with E-state index in [1.165, 1.54) is 0 Å². The fourth-order valence-corrected chi connectivity index (χ4v) is 1.34. The first-order valence-corrected chi connectivity index (χ1v) is 6.92. The van der Waals surface area contributed by atoms with Crippen LogP contribution in [-0.2, 0) is 16.1 Å². The summed E-state index contributed by atoms with van der Waals surface area (Å²) in [6.07, 6.45) is 8.30. The van der Waals surface area contributed by atoms with Crippen LogP contribution in [0.25, 0.3) is 11.3 Å². The van der Waals surface area contributed by atoms with Gasteiger partial charge in [0.1, 0.15) is 0 Å². The Balaban J connectivity index is 0.000000559. The topological polar surface area (TPSA) is 76.2 Å². The van der Waals surface area contributed by atoms with E-state index in [4.69, 9.17) is 5.11 Å². The van der Waals surface area contributed by atoms with Gasteiger partial charge in [-0.1, -0.05) is 0 Å². The van der Waals surface area contributed by atoms with Gasteiger partial charge in [-0.15, -0.1) is 0 Å². The van der Waals surface area contributed by atoms with Crippen molar-refractivity contribution in [1.82, 2.24) is 9.97 Å². The molecule has 0 amide bonds. The molecule has 0 aliphatic heterocycles. The summed E-state index contributed by atoms with van der Waals surface area (Å²) in [7, 11) is 3.25. The fraction of sp³-hybridized carbons (Fsp3) is 0.375. The highest BCUT2D eigenvalue weighted by Gasteiger charge is 2.08. The van der Waals surface area contributed by atoms with Crippen LogP contribution in [0, 0.1) is 0 Å². The van der Waals surface area contributed by atoms with Gasteiger partial charge in [0.25, 0.3) is 0 Å². The molecule has 0 unspecified atom stereocenters. The summed E-state index contributed by atoms with van der Waals surface area (Å²) in [5, 5.41) is 8.61. The zero-order chi connectivity index (χ0) is 18.6. The average molecular weight is 342 g/mol. The maximum atomic E-state index is 11.0. The number of carbonyl (C=O) groups is 1. The number of aliphatic carboxylic acids is 1. The number of alkyl halides is 2. The van der Waals surface area contributed by atoms with E-state index in [-0.39, 0.29) is 6.54 Å². The Morgan fingerprint density at radius 3 is 2.12 bits per heavy atom. The molecular weight excluding hydrogens is 320 g/mol. The number of ether oxygens (including phenoxy) is 1. The molecule has 0 saturated carbocycles. The Morgan fingerprint density at radius 2 is 1.75 bits per heavy atom. The lowest BCUT2D eigenvalue weighted by Crippen LogP contribution is -2.36. The molecule has 0 aliphatic rings. The molecule has 1 N–H and O–H groups in total. The number of rotatable bonds is 3. The van der Waals surface area contributed by atoms with Crippen molar-refractivity contribution in [3.63, 3.8) is 0 Å². The van der Waals surface area contributed by atoms with Gasteiger partial charge in [0.15, 0.2) is 12.4 Å². The Kier molecular flexibility index (Phi) is 9.97. The van der Waals surface area contributed by atoms with Gasteiger partial charge in [-0.2, -0.15) is 4.57 Å². The third-order valence-corrected chi connectivity index (χ3v) is 2.07. The van der Waals surface area contributed by atoms with E-state index in [0.29, 0.717) is 0 Å². The molecule has 8 heteroatoms. The number of hydrogen-bond donors (Lipinski definition) is 1. The van der Waals surface area contributed by atoms with Crippen LogP contribution in [0.3, 0.4) is 0 Å². The lowest BCUT2D eigenvalue weighted by atomic mass is 10.2. The quantitative estimate of drug-likeness (QED) is 0.867. The summed E-state index contributed by atoms with van der Waals surface area (Å²) in [6, 6.07) is 3.62. The zero-order valence-corrected chi connectivity index (χ0v) is 14.1. The molecule has 0 aliphatic carbocycles. The SMILES string of the molecule is CC(C)(F)F.COC.O=C(O)C[n+]1ccc(-c2cnccn2)cc1. The number of hydrogen-bond acceptors (Lipinski definition) is 4. The van der Waals surface area contributed by atoms with Crippen LogP contribution in [0.5, 0.6) is 0 Å². The monoisotopic (exact) mass is 342 g/mol. The van der Waals surface area contributed by atoms with E-state index in [9.17, 15) is 13.6 Å². The Bertz CT molecular complexity index is 582. The van der Waals surface area contributed by atoms with Crippen molar-refractivity contribution in [2.45, 2.75) is 26.3 Å². The van der Waals surface area contributed by atoms with Crippen molar-refractivity contribution in [2.75, 3.05) is 14.2 Å². The maximum Gasteiger partial charge on any atom is 0.370 e. The molecule has 132 valence electrons. The molecule has 0 atom stereocenters. The van der Waals surface area contributed by atoms with Gasteiger partial charge in [-0.25, -0.2) is 13.6 Å². The molecule has 2 heterocycles. The van der Waals surface area contributed by atoms with Gasteiger partial charge in [0.2, 0.25) is 12.5 Å². The van der Waals surface area contributed by atoms with Crippen molar-refractivity contribution in [2.24, 2.45) is 0 Å². The second-order valence-corrected chi connectivity index (χ2v) is 4.98. The van der Waals surface area contributed by atoms with Crippen LogP contribution in [0.2, 0.25) is 0 Å². The summed E-state index contributed by atoms with van der Waals surface area (Å²) in [4.78, 5) is 18.6. The van der Waals surface area contributed by atoms with Gasteiger partial charge in [0.05, 0.1) is 11.9 Å². The van der Waals surface area contributed by atoms with Crippen molar-refractivity contribution in [3.8, 4) is 11.3 Å². The average Bonchev–Trinajstić information content (AvgIpc) is 2.47. The summed E-state index contributed by atoms with van der Waals surface area (Å²) in [5.74, 6) is -3.36. The molecule has 0 spiro atoms. The zero-order valence-electron chi connectivity index (χ0n) is 14.1. The number of nitrogens with zero attached hydrogens (tertiary/aromatic N) is 3. The highest BCUT2D eigenvalue weighted by atomic mass is 19.3. The first-order valence-electron chi connectivity index (χ1n) is 6.92. The molecule has 0 fully saturated rings. The van der Waals surface area contributed by atoms with Gasteiger partial charge in [-0.05, 0) is 13.8 Å². The van der Waals surface area contributed by atoms with E-state index in [1.54, 1.807) is 49.8 Å². The predicted octanol–water partition coefficient (Wildman–Crippen LogP) is 2.44. The van der Waals surface area contributed by atoms with Gasteiger partial charge in [0, 0.05) is 44.3 Å². The van der Waals surface area contributed by atoms with Crippen molar-refractivity contribution < 1.29 is 28.0 Å². The predicted molar refractivity (Wildman–Crippen MR) is 84.5 cm³/mol. The van der Waals surface area contributed by atoms with Crippen LogP contribution >= 0.6 is 0 Å². The summed E-state index contributed by atoms with van der Waals surface area (Å²) < 4.78 is 27.9. The number of halogens is 2. The van der Waals surface area contributed by atoms with Crippen molar-refractivity contribution in [3.05, 3.63) is 43.1 Å². The number of pyridine rings is 1. The standard InChI is InChI=1S/C11H9N3O2.C3H6F2.C2H6O/c15-11(16)8-14-5-1-9(2-6-14)10-7-12-3-4-13-10;1-3(2,4)5;1-3-2/h1-7H,8H2;1-2H3;1-2H3/p+1. The minimum atomic E-state index is -2.50. The number of carboxylic acids is 1. The van der Waals surface area contributed by atoms with Crippen LogP contribution in [0.15, 0.2) is 43.1 Å².